The fraction of sp³-hybridized carbons (Fsp3) is 0.444. The molecule has 1 aliphatic heterocycles. The van der Waals surface area contributed by atoms with Crippen LogP contribution in [0.4, 0.5) is 0 Å². The molecule has 2 rings (SSSR count). The molecule has 0 N–H and O–H groups in total. The minimum atomic E-state index is 0.556. The Hall–Kier alpha value is -1.05. The molecule has 0 aromatic carbocycles. The average Bonchev–Trinajstić information content (AvgIpc) is 2.06. The molecule has 0 bridgehead atoms. The number of fused-ring (bicyclic) bond motifs is 1. The lowest BCUT2D eigenvalue weighted by molar-refractivity contribution is 0.268. The Kier molecular flexibility index (Phi) is 1.53. The average molecular weight is 149 g/mol. The molecule has 0 fully saturated rings. The van der Waals surface area contributed by atoms with Crippen molar-refractivity contribution in [1.29, 1.82) is 0 Å². The summed E-state index contributed by atoms with van der Waals surface area (Å²) >= 11 is 0. The second-order valence-corrected chi connectivity index (χ2v) is 2.92. The molecule has 0 spiro atoms. The lowest BCUT2D eigenvalue weighted by Crippen LogP contribution is -2.12. The van der Waals surface area contributed by atoms with Crippen molar-refractivity contribution < 1.29 is 4.74 Å². The largest absolute Gasteiger partial charge is 0.492 e. The third-order valence-corrected chi connectivity index (χ3v) is 2.07. The van der Waals surface area contributed by atoms with Crippen molar-refractivity contribution in [2.45, 2.75) is 19.3 Å². The van der Waals surface area contributed by atoms with Crippen LogP contribution in [-0.4, -0.2) is 11.6 Å². The summed E-state index contributed by atoms with van der Waals surface area (Å²) < 4.78 is 5.43. The van der Waals surface area contributed by atoms with E-state index in [4.69, 9.17) is 4.74 Å². The number of pyridine rings is 1. The monoisotopic (exact) mass is 149 g/mol. The maximum absolute atomic E-state index is 5.43. The molecule has 1 aromatic heterocycles. The van der Waals surface area contributed by atoms with E-state index in [2.05, 4.69) is 11.9 Å². The fourth-order valence-electron chi connectivity index (χ4n) is 1.38. The highest BCUT2D eigenvalue weighted by Gasteiger charge is 2.17. The molecular formula is C9H11NO. The molecule has 2 heteroatoms. The number of aromatic nitrogens is 1. The summed E-state index contributed by atoms with van der Waals surface area (Å²) in [6.07, 6.45) is 2.91. The van der Waals surface area contributed by atoms with Crippen LogP contribution in [-0.2, 0) is 0 Å². The Morgan fingerprint density at radius 3 is 3.36 bits per heavy atom. The zero-order valence-electron chi connectivity index (χ0n) is 6.58. The van der Waals surface area contributed by atoms with Crippen molar-refractivity contribution in [3.8, 4) is 5.75 Å². The van der Waals surface area contributed by atoms with Gasteiger partial charge in [-0.1, -0.05) is 6.92 Å². The van der Waals surface area contributed by atoms with Gasteiger partial charge in [0.1, 0.15) is 5.75 Å². The first-order chi connectivity index (χ1) is 5.38. The molecule has 58 valence electrons. The van der Waals surface area contributed by atoms with Gasteiger partial charge < -0.3 is 4.74 Å². The van der Waals surface area contributed by atoms with Gasteiger partial charge in [0.05, 0.1) is 12.3 Å². The van der Waals surface area contributed by atoms with E-state index in [1.807, 2.05) is 18.3 Å². The smallest absolute Gasteiger partial charge is 0.141 e. The van der Waals surface area contributed by atoms with Gasteiger partial charge in [-0.3, -0.25) is 4.98 Å². The van der Waals surface area contributed by atoms with Gasteiger partial charge in [0.2, 0.25) is 0 Å². The van der Waals surface area contributed by atoms with Crippen LogP contribution in [0.1, 0.15) is 25.0 Å². The molecule has 2 nitrogen and oxygen atoms in total. The molecule has 0 radical (unpaired) electrons. The van der Waals surface area contributed by atoms with E-state index in [9.17, 15) is 0 Å². The third-order valence-electron chi connectivity index (χ3n) is 2.07. The van der Waals surface area contributed by atoms with Crippen molar-refractivity contribution in [3.63, 3.8) is 0 Å². The highest BCUT2D eigenvalue weighted by Crippen LogP contribution is 2.30. The Labute approximate surface area is 66.2 Å². The summed E-state index contributed by atoms with van der Waals surface area (Å²) in [7, 11) is 0. The van der Waals surface area contributed by atoms with Gasteiger partial charge in [0.15, 0.2) is 0 Å². The van der Waals surface area contributed by atoms with Crippen LogP contribution in [0.25, 0.3) is 0 Å². The standard InChI is InChI=1S/C9H11NO/c1-7-4-6-11-8-3-2-5-10-9(7)8/h2-3,5,7H,4,6H2,1H3/t7-/m1/s1. The lowest BCUT2D eigenvalue weighted by Gasteiger charge is -2.20. The number of rotatable bonds is 0. The maximum Gasteiger partial charge on any atom is 0.141 e. The molecule has 2 heterocycles. The molecule has 0 aliphatic carbocycles. The molecule has 1 aliphatic rings. The van der Waals surface area contributed by atoms with E-state index in [0.29, 0.717) is 5.92 Å². The van der Waals surface area contributed by atoms with Crippen molar-refractivity contribution >= 4 is 0 Å². The minimum absolute atomic E-state index is 0.556. The summed E-state index contributed by atoms with van der Waals surface area (Å²) in [5.74, 6) is 1.52. The van der Waals surface area contributed by atoms with E-state index in [-0.39, 0.29) is 0 Å². The molecule has 0 saturated carbocycles. The number of nitrogens with zero attached hydrogens (tertiary/aromatic N) is 1. The Balaban J connectivity index is 2.44. The molecule has 11 heavy (non-hydrogen) atoms. The molecule has 1 atom stereocenters. The number of hydrogen-bond donors (Lipinski definition) is 0. The van der Waals surface area contributed by atoms with Gasteiger partial charge in [-0.2, -0.15) is 0 Å². The summed E-state index contributed by atoms with van der Waals surface area (Å²) in [4.78, 5) is 4.28. The van der Waals surface area contributed by atoms with Crippen LogP contribution >= 0.6 is 0 Å². The van der Waals surface area contributed by atoms with E-state index in [0.717, 1.165) is 24.5 Å². The number of hydrogen-bond acceptors (Lipinski definition) is 2. The molecule has 0 amide bonds. The quantitative estimate of drug-likeness (QED) is 0.562. The van der Waals surface area contributed by atoms with Gasteiger partial charge >= 0.3 is 0 Å². The molecule has 0 saturated heterocycles. The third kappa shape index (κ3) is 1.09. The zero-order valence-corrected chi connectivity index (χ0v) is 6.58. The Morgan fingerprint density at radius 2 is 2.55 bits per heavy atom. The minimum Gasteiger partial charge on any atom is -0.492 e. The summed E-state index contributed by atoms with van der Waals surface area (Å²) in [6, 6.07) is 3.90. The first kappa shape index (κ1) is 6.65. The van der Waals surface area contributed by atoms with Gasteiger partial charge in [-0.05, 0) is 18.6 Å². The van der Waals surface area contributed by atoms with Gasteiger partial charge in [-0.15, -0.1) is 0 Å². The second kappa shape index (κ2) is 2.53. The van der Waals surface area contributed by atoms with Gasteiger partial charge in [0.25, 0.3) is 0 Å². The van der Waals surface area contributed by atoms with E-state index >= 15 is 0 Å². The number of ether oxygens (including phenoxy) is 1. The predicted octanol–water partition coefficient (Wildman–Crippen LogP) is 1.97. The van der Waals surface area contributed by atoms with Crippen LogP contribution < -0.4 is 4.74 Å². The van der Waals surface area contributed by atoms with Crippen LogP contribution in [0.5, 0.6) is 5.75 Å². The Morgan fingerprint density at radius 1 is 1.64 bits per heavy atom. The SMILES string of the molecule is C[C@@H]1CCOc2cccnc21. The normalized spacial score (nSPS) is 22.1. The second-order valence-electron chi connectivity index (χ2n) is 2.92. The van der Waals surface area contributed by atoms with Crippen molar-refractivity contribution in [2.24, 2.45) is 0 Å². The highest BCUT2D eigenvalue weighted by molar-refractivity contribution is 5.30. The van der Waals surface area contributed by atoms with E-state index in [1.54, 1.807) is 0 Å². The van der Waals surface area contributed by atoms with Gasteiger partial charge in [0, 0.05) is 12.1 Å². The van der Waals surface area contributed by atoms with Gasteiger partial charge in [-0.25, -0.2) is 0 Å². The van der Waals surface area contributed by atoms with Crippen molar-refractivity contribution in [3.05, 3.63) is 24.0 Å². The Bertz CT molecular complexity index is 259. The highest BCUT2D eigenvalue weighted by atomic mass is 16.5. The van der Waals surface area contributed by atoms with Crippen LogP contribution in [0.2, 0.25) is 0 Å². The lowest BCUT2D eigenvalue weighted by atomic mass is 10.0. The molecule has 0 unspecified atom stereocenters. The van der Waals surface area contributed by atoms with Crippen LogP contribution in [0.3, 0.4) is 0 Å². The summed E-state index contributed by atoms with van der Waals surface area (Å²) in [5.41, 5.74) is 1.11. The van der Waals surface area contributed by atoms with Crippen molar-refractivity contribution in [2.75, 3.05) is 6.61 Å². The zero-order chi connectivity index (χ0) is 7.68. The predicted molar refractivity (Wildman–Crippen MR) is 42.8 cm³/mol. The van der Waals surface area contributed by atoms with E-state index in [1.165, 1.54) is 0 Å². The maximum atomic E-state index is 5.43. The fourth-order valence-corrected chi connectivity index (χ4v) is 1.38. The topological polar surface area (TPSA) is 22.1 Å². The van der Waals surface area contributed by atoms with Crippen molar-refractivity contribution in [1.82, 2.24) is 4.98 Å². The first-order valence-corrected chi connectivity index (χ1v) is 3.95. The molecule has 1 aromatic rings. The van der Waals surface area contributed by atoms with Crippen LogP contribution in [0, 0.1) is 0 Å². The van der Waals surface area contributed by atoms with E-state index < -0.39 is 0 Å². The first-order valence-electron chi connectivity index (χ1n) is 3.95. The summed E-state index contributed by atoms with van der Waals surface area (Å²) in [5, 5.41) is 0. The summed E-state index contributed by atoms with van der Waals surface area (Å²) in [6.45, 7) is 3.02. The molecular weight excluding hydrogens is 138 g/mol. The van der Waals surface area contributed by atoms with Crippen LogP contribution in [0.15, 0.2) is 18.3 Å².